The van der Waals surface area contributed by atoms with Crippen LogP contribution in [0.1, 0.15) is 31.1 Å². The summed E-state index contributed by atoms with van der Waals surface area (Å²) in [5, 5.41) is 14.5. The summed E-state index contributed by atoms with van der Waals surface area (Å²) in [5.74, 6) is -0.743. The van der Waals surface area contributed by atoms with Crippen molar-refractivity contribution >= 4 is 29.3 Å². The maximum Gasteiger partial charge on any atom is 0.339 e. The van der Waals surface area contributed by atoms with Gasteiger partial charge in [-0.2, -0.15) is 0 Å². The molecule has 0 saturated heterocycles. The van der Waals surface area contributed by atoms with Gasteiger partial charge in [-0.3, -0.25) is 0 Å². The summed E-state index contributed by atoms with van der Waals surface area (Å²) >= 11 is 5.98. The van der Waals surface area contributed by atoms with E-state index in [1.807, 2.05) is 20.8 Å². The lowest BCUT2D eigenvalue weighted by atomic mass is 10.1. The zero-order chi connectivity index (χ0) is 16.2. The summed E-state index contributed by atoms with van der Waals surface area (Å²) < 4.78 is 4.99. The van der Waals surface area contributed by atoms with Gasteiger partial charge in [0.2, 0.25) is 0 Å². The van der Waals surface area contributed by atoms with E-state index in [-0.39, 0.29) is 34.0 Å². The average Bonchev–Trinajstić information content (AvgIpc) is 2.40. The standard InChI is InChI=1S/C14H19ClN2O4/c1-7(2)8(3)16-14(20)17-11-6-12(21-4)9(13(18)19)5-10(11)15/h5-8H,1-4H3,(H,18,19)(H2,16,17,20). The van der Waals surface area contributed by atoms with Crippen LogP contribution in [-0.2, 0) is 0 Å². The Kier molecular flexibility index (Phi) is 5.84. The summed E-state index contributed by atoms with van der Waals surface area (Å²) in [7, 11) is 1.35. The SMILES string of the molecule is COc1cc(NC(=O)NC(C)C(C)C)c(Cl)cc1C(=O)O. The number of methoxy groups -OCH3 is 1. The number of carbonyl (C=O) groups is 2. The molecule has 0 heterocycles. The highest BCUT2D eigenvalue weighted by Crippen LogP contribution is 2.31. The van der Waals surface area contributed by atoms with E-state index in [1.165, 1.54) is 19.2 Å². The Labute approximate surface area is 128 Å². The van der Waals surface area contributed by atoms with Gasteiger partial charge in [-0.05, 0) is 18.9 Å². The lowest BCUT2D eigenvalue weighted by molar-refractivity contribution is 0.0693. The number of urea groups is 1. The molecule has 0 spiro atoms. The molecule has 0 aromatic heterocycles. The third-order valence-electron chi connectivity index (χ3n) is 3.13. The second-order valence-corrected chi connectivity index (χ2v) is 5.38. The molecule has 2 amide bonds. The van der Waals surface area contributed by atoms with E-state index in [2.05, 4.69) is 10.6 Å². The van der Waals surface area contributed by atoms with Gasteiger partial charge in [-0.25, -0.2) is 9.59 Å². The van der Waals surface area contributed by atoms with Gasteiger partial charge in [0.1, 0.15) is 11.3 Å². The molecule has 6 nitrogen and oxygen atoms in total. The van der Waals surface area contributed by atoms with Crippen molar-refractivity contribution in [2.45, 2.75) is 26.8 Å². The Morgan fingerprint density at radius 1 is 1.29 bits per heavy atom. The fraction of sp³-hybridized carbons (Fsp3) is 0.429. The molecule has 1 aromatic carbocycles. The number of rotatable bonds is 5. The van der Waals surface area contributed by atoms with E-state index in [9.17, 15) is 9.59 Å². The largest absolute Gasteiger partial charge is 0.496 e. The van der Waals surface area contributed by atoms with Crippen LogP contribution in [0.25, 0.3) is 0 Å². The fourth-order valence-electron chi connectivity index (χ4n) is 1.52. The van der Waals surface area contributed by atoms with Crippen molar-refractivity contribution in [3.8, 4) is 5.75 Å². The third-order valence-corrected chi connectivity index (χ3v) is 3.44. The minimum Gasteiger partial charge on any atom is -0.496 e. The molecule has 1 atom stereocenters. The molecule has 0 aliphatic carbocycles. The first-order valence-electron chi connectivity index (χ1n) is 6.44. The van der Waals surface area contributed by atoms with Gasteiger partial charge in [-0.1, -0.05) is 25.4 Å². The van der Waals surface area contributed by atoms with Crippen molar-refractivity contribution in [1.29, 1.82) is 0 Å². The van der Waals surface area contributed by atoms with Crippen LogP contribution in [0.4, 0.5) is 10.5 Å². The first kappa shape index (κ1) is 17.1. The van der Waals surface area contributed by atoms with Gasteiger partial charge in [-0.15, -0.1) is 0 Å². The number of carboxylic acid groups (broad SMARTS) is 1. The van der Waals surface area contributed by atoms with Crippen LogP contribution in [0, 0.1) is 5.92 Å². The van der Waals surface area contributed by atoms with Crippen molar-refractivity contribution in [3.63, 3.8) is 0 Å². The molecule has 1 rings (SSSR count). The minimum absolute atomic E-state index is 0.0102. The van der Waals surface area contributed by atoms with Crippen LogP contribution >= 0.6 is 11.6 Å². The van der Waals surface area contributed by atoms with Crippen molar-refractivity contribution in [2.75, 3.05) is 12.4 Å². The molecule has 7 heteroatoms. The first-order valence-corrected chi connectivity index (χ1v) is 6.82. The zero-order valence-electron chi connectivity index (χ0n) is 12.4. The van der Waals surface area contributed by atoms with Gasteiger partial charge in [0.15, 0.2) is 0 Å². The molecule has 0 fully saturated rings. The number of anilines is 1. The molecule has 0 aliphatic heterocycles. The number of nitrogens with one attached hydrogen (secondary N) is 2. The van der Waals surface area contributed by atoms with E-state index in [1.54, 1.807) is 0 Å². The van der Waals surface area contributed by atoms with Crippen LogP contribution < -0.4 is 15.4 Å². The number of hydrogen-bond acceptors (Lipinski definition) is 3. The van der Waals surface area contributed by atoms with E-state index in [0.29, 0.717) is 0 Å². The average molecular weight is 315 g/mol. The summed E-state index contributed by atoms with van der Waals surface area (Å²) in [6.07, 6.45) is 0. The molecule has 1 aromatic rings. The highest BCUT2D eigenvalue weighted by molar-refractivity contribution is 6.34. The number of benzene rings is 1. The maximum atomic E-state index is 11.9. The Hall–Kier alpha value is -1.95. The first-order chi connectivity index (χ1) is 9.76. The normalized spacial score (nSPS) is 11.9. The second-order valence-electron chi connectivity index (χ2n) is 4.97. The van der Waals surface area contributed by atoms with Crippen molar-refractivity contribution in [3.05, 3.63) is 22.7 Å². The molecule has 0 radical (unpaired) electrons. The Balaban J connectivity index is 2.94. The Morgan fingerprint density at radius 2 is 1.90 bits per heavy atom. The zero-order valence-corrected chi connectivity index (χ0v) is 13.1. The molecule has 0 bridgehead atoms. The van der Waals surface area contributed by atoms with Gasteiger partial charge in [0.25, 0.3) is 0 Å². The molecule has 0 aliphatic rings. The number of aromatic carboxylic acids is 1. The van der Waals surface area contributed by atoms with Gasteiger partial charge >= 0.3 is 12.0 Å². The van der Waals surface area contributed by atoms with Gasteiger partial charge in [0.05, 0.1) is 17.8 Å². The molecule has 1 unspecified atom stereocenters. The molecule has 0 saturated carbocycles. The van der Waals surface area contributed by atoms with E-state index < -0.39 is 12.0 Å². The highest BCUT2D eigenvalue weighted by atomic mass is 35.5. The van der Waals surface area contributed by atoms with E-state index in [0.717, 1.165) is 0 Å². The number of carboxylic acids is 1. The predicted molar refractivity (Wildman–Crippen MR) is 81.4 cm³/mol. The van der Waals surface area contributed by atoms with Crippen LogP contribution in [0.15, 0.2) is 12.1 Å². The summed E-state index contributed by atoms with van der Waals surface area (Å²) in [5.41, 5.74) is 0.218. The molecular formula is C14H19ClN2O4. The predicted octanol–water partition coefficient (Wildman–Crippen LogP) is 3.21. The number of hydrogen-bond donors (Lipinski definition) is 3. The molecule has 21 heavy (non-hydrogen) atoms. The Morgan fingerprint density at radius 3 is 2.38 bits per heavy atom. The highest BCUT2D eigenvalue weighted by Gasteiger charge is 2.17. The van der Waals surface area contributed by atoms with Crippen molar-refractivity contribution in [1.82, 2.24) is 5.32 Å². The lowest BCUT2D eigenvalue weighted by Gasteiger charge is -2.18. The Bertz CT molecular complexity index is 546. The maximum absolute atomic E-state index is 11.9. The van der Waals surface area contributed by atoms with Gasteiger partial charge < -0.3 is 20.5 Å². The van der Waals surface area contributed by atoms with Crippen LogP contribution in [0.2, 0.25) is 5.02 Å². The summed E-state index contributed by atoms with van der Waals surface area (Å²) in [6, 6.07) is 2.20. The quantitative estimate of drug-likeness (QED) is 0.778. The molecule has 116 valence electrons. The van der Waals surface area contributed by atoms with Crippen LogP contribution in [0.3, 0.4) is 0 Å². The van der Waals surface area contributed by atoms with Crippen LogP contribution in [0.5, 0.6) is 5.75 Å². The van der Waals surface area contributed by atoms with E-state index in [4.69, 9.17) is 21.4 Å². The number of carbonyl (C=O) groups excluding carboxylic acids is 1. The summed E-state index contributed by atoms with van der Waals surface area (Å²) in [6.45, 7) is 5.87. The third kappa shape index (κ3) is 4.53. The smallest absolute Gasteiger partial charge is 0.339 e. The second kappa shape index (κ2) is 7.17. The van der Waals surface area contributed by atoms with E-state index >= 15 is 0 Å². The van der Waals surface area contributed by atoms with Gasteiger partial charge in [0, 0.05) is 12.1 Å². The van der Waals surface area contributed by atoms with Crippen LogP contribution in [-0.4, -0.2) is 30.3 Å². The monoisotopic (exact) mass is 314 g/mol. The number of ether oxygens (including phenoxy) is 1. The van der Waals surface area contributed by atoms with Crippen molar-refractivity contribution < 1.29 is 19.4 Å². The van der Waals surface area contributed by atoms with Crippen molar-refractivity contribution in [2.24, 2.45) is 5.92 Å². The topological polar surface area (TPSA) is 87.7 Å². The molecule has 3 N–H and O–H groups in total. The lowest BCUT2D eigenvalue weighted by Crippen LogP contribution is -2.39. The fourth-order valence-corrected chi connectivity index (χ4v) is 1.73. The number of halogens is 1. The summed E-state index contributed by atoms with van der Waals surface area (Å²) in [4.78, 5) is 22.9. The molecular weight excluding hydrogens is 296 g/mol. The number of amides is 2. The minimum atomic E-state index is -1.15.